The van der Waals surface area contributed by atoms with Crippen LogP contribution in [0, 0.1) is 16.0 Å². The molecule has 0 atom stereocenters. The zero-order chi connectivity index (χ0) is 90.1. The summed E-state index contributed by atoms with van der Waals surface area (Å²) < 4.78 is 0. The molecule has 127 heavy (non-hydrogen) atoms. The summed E-state index contributed by atoms with van der Waals surface area (Å²) in [7, 11) is 2.45. The lowest BCUT2D eigenvalue weighted by atomic mass is 9.84. The van der Waals surface area contributed by atoms with Gasteiger partial charge in [-0.1, -0.05) is 243 Å². The summed E-state index contributed by atoms with van der Waals surface area (Å²) in [6.07, 6.45) is 29.7. The molecule has 7 aliphatic heterocycles. The Morgan fingerprint density at radius 3 is 0.898 bits per heavy atom. The summed E-state index contributed by atoms with van der Waals surface area (Å²) in [5, 5.41) is 19.4. The van der Waals surface area contributed by atoms with Crippen LogP contribution < -0.4 is 0 Å². The fraction of sp³-hybridized carbons (Fsp3) is 0.495. The van der Waals surface area contributed by atoms with Gasteiger partial charge in [-0.05, 0) is 267 Å². The maximum absolute atomic E-state index is 12.3. The summed E-state index contributed by atoms with van der Waals surface area (Å²) in [6, 6.07) is 64.9. The van der Waals surface area contributed by atoms with Crippen molar-refractivity contribution >= 4 is 122 Å². The quantitative estimate of drug-likeness (QED) is 0.0197. The Kier molecular flexibility index (Phi) is 44.8. The van der Waals surface area contributed by atoms with Crippen molar-refractivity contribution in [1.82, 2.24) is 0 Å². The summed E-state index contributed by atoms with van der Waals surface area (Å²) in [4.78, 5) is 94.9. The molecule has 1 saturated carbocycles. The molecule has 11 nitrogen and oxygen atoms in total. The third-order valence-electron chi connectivity index (χ3n) is 24.7. The van der Waals surface area contributed by atoms with Gasteiger partial charge in [-0.15, -0.1) is 0 Å². The first-order valence-electron chi connectivity index (χ1n) is 47.2. The van der Waals surface area contributed by atoms with E-state index in [9.17, 15) is 43.7 Å². The number of aliphatic hydroxyl groups is 1. The molecule has 18 heteroatoms. The van der Waals surface area contributed by atoms with Gasteiger partial charge < -0.3 is 5.11 Å². The number of non-ortho nitro benzene ring substituents is 1. The first-order chi connectivity index (χ1) is 61.5. The Hall–Kier alpha value is -6.74. The summed E-state index contributed by atoms with van der Waals surface area (Å²) >= 11 is 0. The minimum atomic E-state index is -0.451. The van der Waals surface area contributed by atoms with Gasteiger partial charge in [-0.25, -0.2) is 0 Å². The third kappa shape index (κ3) is 36.4. The van der Waals surface area contributed by atoms with Crippen molar-refractivity contribution in [3.05, 3.63) is 277 Å². The Bertz CT molecular complexity index is 4620. The molecular weight excluding hydrogens is 1710 g/mol. The second kappa shape index (κ2) is 55.6. The Labute approximate surface area is 781 Å². The number of nitrogens with zero attached hydrogens (tertiary/aromatic N) is 1. The number of aryl methyl sites for hydroxylation is 1. The number of hydrogen-bond donors (Lipinski definition) is 1. The van der Waals surface area contributed by atoms with Crippen molar-refractivity contribution in [2.24, 2.45) is 5.92 Å². The lowest BCUT2D eigenvalue weighted by molar-refractivity contribution is -0.384. The summed E-state index contributed by atoms with van der Waals surface area (Å²) in [5.41, 5.74) is 14.8. The molecule has 7 heterocycles. The Morgan fingerprint density at radius 1 is 0.346 bits per heavy atom. The standard InChI is InChI=1S/C18H25OS.C18H19OS.3C16H23OS.C13H17O2S.C12H14NO3S/c2*19-18(14-20-12-4-5-13-20)17-10-8-16(9-11-17)15-6-2-1-3-7-15;1-16(2,3)14-8-6-13(7-9-14)15(17)12-18-10-4-5-11-18;1-13(2)11-14-5-7-15(8-6-14)16(17)12-18-9-3-4-10-18;1-2-3-6-14-7-9-15(10-8-14)16(17)13-18-11-4-5-12-18;14-9-11-3-5-12(6-4-11)13(15)10-16-7-1-2-8-16;14-12(9-17-7-1-2-8-17)10-3-5-11(6-4-10)13(15)16/h8-11,15H,1-7,12-14H2;1-3,6-11H,4-5,12-14H2;6-9H,4-5,10-12H2,1-3H3;5-8,13H,3-4,9-12H2,1-2H3;7-10H,2-6,11-13H2,1H3;3-6,14H,1-2,7-10H2;3-6H,1-2,7-9H2/q7*+1. The highest BCUT2D eigenvalue weighted by atomic mass is 32.2. The number of aliphatic hydroxyl groups excluding tert-OH is 1. The number of Topliss-reactive ketones (excluding diaryl/α,β-unsaturated/α-hetero) is 7. The number of ketones is 7. The minimum Gasteiger partial charge on any atom is -0.392 e. The van der Waals surface area contributed by atoms with Gasteiger partial charge in [0.2, 0.25) is 40.5 Å². The van der Waals surface area contributed by atoms with E-state index < -0.39 is 4.92 Å². The van der Waals surface area contributed by atoms with Gasteiger partial charge in [0, 0.05) is 51.1 Å². The van der Waals surface area contributed by atoms with E-state index in [1.165, 1.54) is 261 Å². The first-order valence-corrected chi connectivity index (χ1v) is 59.3. The number of nitro groups is 1. The van der Waals surface area contributed by atoms with Gasteiger partial charge in [0.1, 0.15) is 80.5 Å². The highest BCUT2D eigenvalue weighted by molar-refractivity contribution is 7.99. The molecule has 1 aliphatic carbocycles. The monoisotopic (exact) mass is 1850 g/mol. The van der Waals surface area contributed by atoms with Crippen LogP contribution in [0.1, 0.15) is 283 Å². The predicted molar refractivity (Wildman–Crippen MR) is 554 cm³/mol. The van der Waals surface area contributed by atoms with E-state index in [1.807, 2.05) is 91.0 Å². The van der Waals surface area contributed by atoms with Crippen molar-refractivity contribution in [2.45, 2.75) is 207 Å². The highest BCUT2D eigenvalue weighted by Gasteiger charge is 2.34. The molecule has 0 amide bonds. The zero-order valence-electron chi connectivity index (χ0n) is 77.0. The Morgan fingerprint density at radius 2 is 0.614 bits per heavy atom. The summed E-state index contributed by atoms with van der Waals surface area (Å²) in [6.45, 7) is 13.3. The second-order valence-corrected chi connectivity index (χ2v) is 52.9. The van der Waals surface area contributed by atoms with Crippen LogP contribution in [0.15, 0.2) is 200 Å². The molecule has 0 radical (unpaired) electrons. The van der Waals surface area contributed by atoms with Gasteiger partial charge >= 0.3 is 0 Å². The summed E-state index contributed by atoms with van der Waals surface area (Å²) in [5.74, 6) is 26.2. The number of nitro benzene ring substituents is 1. The fourth-order valence-corrected chi connectivity index (χ4v) is 32.8. The number of unbranched alkanes of at least 4 members (excludes halogenated alkanes) is 1. The fourth-order valence-electron chi connectivity index (χ4n) is 17.0. The molecule has 8 fully saturated rings. The van der Waals surface area contributed by atoms with E-state index in [2.05, 4.69) is 126 Å². The molecule has 8 aromatic rings. The average Bonchev–Trinajstić information content (AvgIpc) is 1.32. The van der Waals surface area contributed by atoms with Gasteiger partial charge in [0.25, 0.3) is 5.69 Å². The molecule has 0 spiro atoms. The normalized spacial score (nSPS) is 17.0. The molecule has 1 N–H and O–H groups in total. The molecular formula is C109H144NO10S7+7. The minimum absolute atomic E-state index is 0.0323. The Balaban J connectivity index is 0.000000155. The largest absolute Gasteiger partial charge is 0.392 e. The molecule has 0 unspecified atom stereocenters. The van der Waals surface area contributed by atoms with Crippen LogP contribution in [0.5, 0.6) is 0 Å². The van der Waals surface area contributed by atoms with Crippen LogP contribution in [-0.4, -0.2) is 171 Å². The van der Waals surface area contributed by atoms with Crippen LogP contribution >= 0.6 is 0 Å². The number of carbonyl (C=O) groups is 7. The van der Waals surface area contributed by atoms with Gasteiger partial charge in [0.05, 0.1) is 11.5 Å². The molecule has 8 aliphatic rings. The van der Waals surface area contributed by atoms with Gasteiger partial charge in [-0.2, -0.15) is 0 Å². The van der Waals surface area contributed by atoms with Crippen molar-refractivity contribution in [3.8, 4) is 11.1 Å². The smallest absolute Gasteiger partial charge is 0.269 e. The molecule has 8 aromatic carbocycles. The maximum Gasteiger partial charge on any atom is 0.269 e. The number of rotatable bonds is 30. The maximum atomic E-state index is 12.3. The second-order valence-electron chi connectivity index (χ2n) is 36.5. The molecule has 7 saturated heterocycles. The number of benzene rings is 8. The molecule has 0 bridgehead atoms. The van der Waals surface area contributed by atoms with Crippen molar-refractivity contribution in [1.29, 1.82) is 0 Å². The molecule has 16 rings (SSSR count). The lowest BCUT2D eigenvalue weighted by Gasteiger charge is -2.21. The van der Waals surface area contributed by atoms with E-state index in [0.717, 1.165) is 92.2 Å². The highest BCUT2D eigenvalue weighted by Crippen LogP contribution is 2.34. The van der Waals surface area contributed by atoms with Crippen molar-refractivity contribution in [2.75, 3.05) is 121 Å². The molecule has 0 aromatic heterocycles. The van der Waals surface area contributed by atoms with Gasteiger partial charge in [0.15, 0.2) is 40.3 Å². The van der Waals surface area contributed by atoms with E-state index in [4.69, 9.17) is 5.11 Å². The van der Waals surface area contributed by atoms with Gasteiger partial charge in [-0.3, -0.25) is 43.7 Å². The van der Waals surface area contributed by atoms with E-state index >= 15 is 0 Å². The first kappa shape index (κ1) is 102. The third-order valence-corrected chi connectivity index (χ3v) is 41.5. The predicted octanol–water partition coefficient (Wildman–Crippen LogP) is 22.9. The van der Waals surface area contributed by atoms with Crippen LogP contribution in [0.2, 0.25) is 0 Å². The SMILES string of the molecule is CC(C)(C)c1ccc(C(=O)C[S+]2CCCC2)cc1.CC(C)Cc1ccc(C(=O)C[S+]2CCCC2)cc1.CCCCc1ccc(C(=O)C[S+]2CCCC2)cc1.O=C(C[S+]1CCCC1)c1ccc(-c2ccccc2)cc1.O=C(C[S+]1CCCC1)c1ccc(C2CCCCC2)cc1.O=C(C[S+]1CCCC1)c1ccc(CO)cc1.O=C(C[S+]1CCCC1)c1ccc([N+](=O)[O-])cc1. The van der Waals surface area contributed by atoms with Crippen LogP contribution in [-0.2, 0) is 101 Å². The zero-order valence-corrected chi connectivity index (χ0v) is 82.7. The van der Waals surface area contributed by atoms with E-state index in [0.29, 0.717) is 112 Å². The van der Waals surface area contributed by atoms with Crippen LogP contribution in [0.3, 0.4) is 0 Å². The van der Waals surface area contributed by atoms with E-state index in [1.54, 1.807) is 12.1 Å². The van der Waals surface area contributed by atoms with Crippen molar-refractivity contribution < 1.29 is 43.6 Å². The lowest BCUT2D eigenvalue weighted by Crippen LogP contribution is -2.18. The topological polar surface area (TPSA) is 183 Å². The number of hydrogen-bond acceptors (Lipinski definition) is 10. The molecule has 680 valence electrons. The number of carbonyl (C=O) groups excluding carboxylic acids is 7. The van der Waals surface area contributed by atoms with E-state index in [-0.39, 0.29) is 40.2 Å². The van der Waals surface area contributed by atoms with Crippen LogP contribution in [0.4, 0.5) is 5.69 Å². The van der Waals surface area contributed by atoms with Crippen molar-refractivity contribution in [3.63, 3.8) is 0 Å². The van der Waals surface area contributed by atoms with Crippen LogP contribution in [0.25, 0.3) is 11.1 Å². The average molecular weight is 1850 g/mol.